The zero-order chi connectivity index (χ0) is 12.3. The molecule has 0 unspecified atom stereocenters. The van der Waals surface area contributed by atoms with Gasteiger partial charge in [-0.05, 0) is 24.3 Å². The topological polar surface area (TPSA) is 82.5 Å². The number of para-hydroxylation sites is 1. The molecule has 0 fully saturated rings. The van der Waals surface area contributed by atoms with Crippen LogP contribution >= 0.6 is 0 Å². The number of phenolic OH excluding ortho intramolecular Hbond substituents is 2. The van der Waals surface area contributed by atoms with Crippen LogP contribution in [-0.4, -0.2) is 21.1 Å². The maximum absolute atomic E-state index is 11.7. The maximum Gasteiger partial charge on any atom is 0.257 e. The first-order valence-corrected chi connectivity index (χ1v) is 4.91. The summed E-state index contributed by atoms with van der Waals surface area (Å²) in [6, 6.07) is 7.58. The van der Waals surface area contributed by atoms with E-state index in [1.54, 1.807) is 18.3 Å². The third-order valence-corrected chi connectivity index (χ3v) is 2.19. The van der Waals surface area contributed by atoms with Gasteiger partial charge in [0.15, 0.2) is 11.5 Å². The van der Waals surface area contributed by atoms with Crippen molar-refractivity contribution < 1.29 is 15.0 Å². The van der Waals surface area contributed by atoms with E-state index in [-0.39, 0.29) is 17.2 Å². The first kappa shape index (κ1) is 10.9. The number of carbonyl (C=O) groups excluding carboxylic acids is 1. The first-order chi connectivity index (χ1) is 8.18. The Balaban J connectivity index is 2.22. The lowest BCUT2D eigenvalue weighted by molar-refractivity contribution is 0.102. The van der Waals surface area contributed by atoms with Crippen LogP contribution in [0.4, 0.5) is 5.69 Å². The molecule has 0 aliphatic rings. The Morgan fingerprint density at radius 2 is 2.00 bits per heavy atom. The molecule has 1 aromatic carbocycles. The minimum atomic E-state index is -0.404. The number of nitrogens with one attached hydrogen (secondary N) is 1. The van der Waals surface area contributed by atoms with Gasteiger partial charge in [-0.15, -0.1) is 0 Å². The van der Waals surface area contributed by atoms with Crippen LogP contribution in [0, 0.1) is 0 Å². The predicted octanol–water partition coefficient (Wildman–Crippen LogP) is 1.75. The second kappa shape index (κ2) is 4.52. The molecule has 3 N–H and O–H groups in total. The highest BCUT2D eigenvalue weighted by Gasteiger charge is 2.10. The van der Waals surface area contributed by atoms with E-state index in [0.29, 0.717) is 5.56 Å². The van der Waals surface area contributed by atoms with E-state index in [9.17, 15) is 15.0 Å². The summed E-state index contributed by atoms with van der Waals surface area (Å²) in [4.78, 5) is 15.5. The minimum absolute atomic E-state index is 0.152. The summed E-state index contributed by atoms with van der Waals surface area (Å²) in [6.45, 7) is 0. The number of aromatic hydroxyl groups is 2. The van der Waals surface area contributed by atoms with E-state index in [2.05, 4.69) is 10.3 Å². The van der Waals surface area contributed by atoms with E-state index in [4.69, 9.17) is 0 Å². The first-order valence-electron chi connectivity index (χ1n) is 4.91. The second-order valence-electron chi connectivity index (χ2n) is 3.37. The molecular weight excluding hydrogens is 220 g/mol. The summed E-state index contributed by atoms with van der Waals surface area (Å²) in [5.41, 5.74) is 0.522. The van der Waals surface area contributed by atoms with Gasteiger partial charge >= 0.3 is 0 Å². The molecule has 0 atom stereocenters. The Morgan fingerprint density at radius 3 is 2.71 bits per heavy atom. The fourth-order valence-electron chi connectivity index (χ4n) is 1.32. The van der Waals surface area contributed by atoms with E-state index >= 15 is 0 Å². The van der Waals surface area contributed by atoms with Gasteiger partial charge in [0.05, 0.1) is 11.3 Å². The summed E-state index contributed by atoms with van der Waals surface area (Å²) < 4.78 is 0. The highest BCUT2D eigenvalue weighted by Crippen LogP contribution is 2.32. The highest BCUT2D eigenvalue weighted by molar-refractivity contribution is 6.04. The van der Waals surface area contributed by atoms with E-state index in [1.165, 1.54) is 24.4 Å². The average Bonchev–Trinajstić information content (AvgIpc) is 2.36. The molecule has 0 aliphatic carbocycles. The Labute approximate surface area is 97.4 Å². The van der Waals surface area contributed by atoms with E-state index in [1.807, 2.05) is 0 Å². The molecule has 1 heterocycles. The van der Waals surface area contributed by atoms with Crippen molar-refractivity contribution in [2.45, 2.75) is 0 Å². The Bertz CT molecular complexity index is 541. The third-order valence-electron chi connectivity index (χ3n) is 2.19. The summed E-state index contributed by atoms with van der Waals surface area (Å²) >= 11 is 0. The normalized spacial score (nSPS) is 9.88. The molecule has 0 bridgehead atoms. The zero-order valence-electron chi connectivity index (χ0n) is 8.79. The van der Waals surface area contributed by atoms with Crippen LogP contribution in [0.3, 0.4) is 0 Å². The lowest BCUT2D eigenvalue weighted by atomic mass is 10.2. The maximum atomic E-state index is 11.7. The molecule has 86 valence electrons. The quantitative estimate of drug-likeness (QED) is 0.686. The van der Waals surface area contributed by atoms with Crippen molar-refractivity contribution in [1.82, 2.24) is 4.98 Å². The van der Waals surface area contributed by atoms with Crippen LogP contribution in [0.15, 0.2) is 42.7 Å². The molecule has 17 heavy (non-hydrogen) atoms. The van der Waals surface area contributed by atoms with Crippen molar-refractivity contribution in [1.29, 1.82) is 0 Å². The number of hydrogen-bond donors (Lipinski definition) is 3. The fraction of sp³-hybridized carbons (Fsp3) is 0. The number of benzene rings is 1. The van der Waals surface area contributed by atoms with Gasteiger partial charge < -0.3 is 15.5 Å². The van der Waals surface area contributed by atoms with Crippen LogP contribution in [-0.2, 0) is 0 Å². The van der Waals surface area contributed by atoms with Crippen LogP contribution in [0.2, 0.25) is 0 Å². The van der Waals surface area contributed by atoms with Gasteiger partial charge in [-0.3, -0.25) is 9.78 Å². The largest absolute Gasteiger partial charge is 0.504 e. The molecule has 0 spiro atoms. The SMILES string of the molecule is O=C(Nc1cccc(O)c1O)c1cccnc1. The number of carbonyl (C=O) groups is 1. The van der Waals surface area contributed by atoms with Gasteiger partial charge in [0, 0.05) is 12.4 Å². The minimum Gasteiger partial charge on any atom is -0.504 e. The monoisotopic (exact) mass is 230 g/mol. The lowest BCUT2D eigenvalue weighted by Crippen LogP contribution is -2.12. The lowest BCUT2D eigenvalue weighted by Gasteiger charge is -2.07. The number of anilines is 1. The molecule has 5 nitrogen and oxygen atoms in total. The number of pyridine rings is 1. The molecule has 1 aromatic heterocycles. The van der Waals surface area contributed by atoms with E-state index < -0.39 is 5.91 Å². The molecule has 0 saturated heterocycles. The number of rotatable bonds is 2. The van der Waals surface area contributed by atoms with Gasteiger partial charge in [-0.25, -0.2) is 0 Å². The van der Waals surface area contributed by atoms with E-state index in [0.717, 1.165) is 0 Å². The molecular formula is C12H10N2O3. The van der Waals surface area contributed by atoms with Gasteiger partial charge in [-0.1, -0.05) is 6.07 Å². The Hall–Kier alpha value is -2.56. The molecule has 2 aromatic rings. The predicted molar refractivity (Wildman–Crippen MR) is 62.0 cm³/mol. The molecule has 0 radical (unpaired) electrons. The zero-order valence-corrected chi connectivity index (χ0v) is 8.79. The van der Waals surface area contributed by atoms with Crippen molar-refractivity contribution in [3.8, 4) is 11.5 Å². The Morgan fingerprint density at radius 1 is 1.18 bits per heavy atom. The standard InChI is InChI=1S/C12H10N2O3/c15-10-5-1-4-9(11(10)16)14-12(17)8-3-2-6-13-7-8/h1-7,15-16H,(H,14,17). The van der Waals surface area contributed by atoms with Crippen molar-refractivity contribution in [2.24, 2.45) is 0 Å². The number of hydrogen-bond acceptors (Lipinski definition) is 4. The summed E-state index contributed by atoms with van der Waals surface area (Å²) in [5, 5.41) is 21.3. The average molecular weight is 230 g/mol. The van der Waals surface area contributed by atoms with Crippen LogP contribution in [0.5, 0.6) is 11.5 Å². The molecule has 0 saturated carbocycles. The molecule has 2 rings (SSSR count). The van der Waals surface area contributed by atoms with Gasteiger partial charge in [0.2, 0.25) is 0 Å². The number of aromatic nitrogens is 1. The van der Waals surface area contributed by atoms with Crippen molar-refractivity contribution in [2.75, 3.05) is 5.32 Å². The van der Waals surface area contributed by atoms with Crippen molar-refractivity contribution in [3.63, 3.8) is 0 Å². The summed E-state index contributed by atoms with van der Waals surface area (Å²) in [5.74, 6) is -1.04. The fourth-order valence-corrected chi connectivity index (χ4v) is 1.32. The third kappa shape index (κ3) is 2.34. The van der Waals surface area contributed by atoms with Gasteiger partial charge in [0.1, 0.15) is 0 Å². The van der Waals surface area contributed by atoms with Crippen LogP contribution < -0.4 is 5.32 Å². The summed E-state index contributed by atoms with van der Waals surface area (Å²) in [6.07, 6.45) is 2.97. The second-order valence-corrected chi connectivity index (χ2v) is 3.37. The Kier molecular flexibility index (Phi) is 2.91. The number of nitrogens with zero attached hydrogens (tertiary/aromatic N) is 1. The van der Waals surface area contributed by atoms with Crippen LogP contribution in [0.25, 0.3) is 0 Å². The molecule has 0 aliphatic heterocycles. The summed E-state index contributed by atoms with van der Waals surface area (Å²) in [7, 11) is 0. The van der Waals surface area contributed by atoms with Gasteiger partial charge in [-0.2, -0.15) is 0 Å². The van der Waals surface area contributed by atoms with Crippen molar-refractivity contribution in [3.05, 3.63) is 48.3 Å². The highest BCUT2D eigenvalue weighted by atomic mass is 16.3. The smallest absolute Gasteiger partial charge is 0.257 e. The van der Waals surface area contributed by atoms with Crippen LogP contribution in [0.1, 0.15) is 10.4 Å². The molecule has 1 amide bonds. The number of amides is 1. The number of phenols is 2. The van der Waals surface area contributed by atoms with Crippen molar-refractivity contribution >= 4 is 11.6 Å². The molecule has 5 heteroatoms. The van der Waals surface area contributed by atoms with Gasteiger partial charge in [0.25, 0.3) is 5.91 Å².